The first-order valence-electron chi connectivity index (χ1n) is 8.26. The fraction of sp³-hybridized carbons (Fsp3) is 0.556. The Labute approximate surface area is 142 Å². The molecule has 1 fully saturated rings. The molecule has 0 spiro atoms. The van der Waals surface area contributed by atoms with Crippen molar-refractivity contribution in [1.29, 1.82) is 0 Å². The van der Waals surface area contributed by atoms with Crippen LogP contribution in [0.15, 0.2) is 18.2 Å². The third kappa shape index (κ3) is 4.88. The molecule has 0 bridgehead atoms. The number of ether oxygens (including phenoxy) is 2. The number of hydrogen-bond donors (Lipinski definition) is 2. The van der Waals surface area contributed by atoms with E-state index in [0.717, 1.165) is 12.8 Å². The average molecular weight is 335 g/mol. The van der Waals surface area contributed by atoms with Crippen LogP contribution in [-0.4, -0.2) is 31.2 Å². The lowest BCUT2D eigenvalue weighted by atomic mass is 10.0. The Morgan fingerprint density at radius 2 is 1.88 bits per heavy atom. The number of carbonyl (C=O) groups excluding carboxylic acids is 1. The Kier molecular flexibility index (Phi) is 6.46. The third-order valence-electron chi connectivity index (χ3n) is 4.47. The number of benzene rings is 1. The summed E-state index contributed by atoms with van der Waals surface area (Å²) in [5.41, 5.74) is 0.690. The van der Waals surface area contributed by atoms with Crippen LogP contribution in [0.1, 0.15) is 50.1 Å². The smallest absolute Gasteiger partial charge is 0.305 e. The molecule has 6 heteroatoms. The lowest BCUT2D eigenvalue weighted by Crippen LogP contribution is -2.31. The zero-order valence-electron chi connectivity index (χ0n) is 14.2. The minimum absolute atomic E-state index is 0.0945. The summed E-state index contributed by atoms with van der Waals surface area (Å²) in [5.74, 6) is 0.433. The van der Waals surface area contributed by atoms with E-state index in [-0.39, 0.29) is 12.3 Å². The number of rotatable bonds is 8. The van der Waals surface area contributed by atoms with Gasteiger partial charge in [0.05, 0.1) is 26.7 Å². The number of aliphatic carboxylic acids is 1. The average Bonchev–Trinajstić information content (AvgIpc) is 3.05. The van der Waals surface area contributed by atoms with Crippen molar-refractivity contribution in [2.75, 3.05) is 14.2 Å². The molecule has 1 aliphatic carbocycles. The van der Waals surface area contributed by atoms with E-state index in [1.54, 1.807) is 18.2 Å². The SMILES string of the molecule is COc1ccc(C(CC(=O)O)NC(=O)CC2CCCC2)cc1OC. The third-order valence-corrected chi connectivity index (χ3v) is 4.47. The number of amides is 1. The molecular weight excluding hydrogens is 310 g/mol. The lowest BCUT2D eigenvalue weighted by Gasteiger charge is -2.20. The van der Waals surface area contributed by atoms with Gasteiger partial charge in [-0.25, -0.2) is 0 Å². The largest absolute Gasteiger partial charge is 0.493 e. The molecule has 1 amide bonds. The minimum Gasteiger partial charge on any atom is -0.493 e. The number of carboxylic acids is 1. The summed E-state index contributed by atoms with van der Waals surface area (Å²) in [6.45, 7) is 0. The second kappa shape index (κ2) is 8.57. The van der Waals surface area contributed by atoms with Gasteiger partial charge in [0.25, 0.3) is 0 Å². The van der Waals surface area contributed by atoms with Gasteiger partial charge in [-0.15, -0.1) is 0 Å². The van der Waals surface area contributed by atoms with Gasteiger partial charge >= 0.3 is 5.97 Å². The van der Waals surface area contributed by atoms with E-state index in [1.807, 2.05) is 0 Å². The van der Waals surface area contributed by atoms with Crippen molar-refractivity contribution in [3.05, 3.63) is 23.8 Å². The highest BCUT2D eigenvalue weighted by Crippen LogP contribution is 2.32. The molecule has 24 heavy (non-hydrogen) atoms. The van der Waals surface area contributed by atoms with E-state index in [0.29, 0.717) is 29.4 Å². The van der Waals surface area contributed by atoms with Crippen LogP contribution in [-0.2, 0) is 9.59 Å². The highest BCUT2D eigenvalue weighted by Gasteiger charge is 2.23. The molecular formula is C18H25NO5. The summed E-state index contributed by atoms with van der Waals surface area (Å²) >= 11 is 0. The van der Waals surface area contributed by atoms with E-state index >= 15 is 0 Å². The topological polar surface area (TPSA) is 84.9 Å². The molecule has 0 aromatic heterocycles. The molecule has 0 aliphatic heterocycles. The Morgan fingerprint density at radius 1 is 1.21 bits per heavy atom. The standard InChI is InChI=1S/C18H25NO5/c1-23-15-8-7-13(10-16(15)24-2)14(11-18(21)22)19-17(20)9-12-5-3-4-6-12/h7-8,10,12,14H,3-6,9,11H2,1-2H3,(H,19,20)(H,21,22). The molecule has 0 radical (unpaired) electrons. The second-order valence-electron chi connectivity index (χ2n) is 6.19. The van der Waals surface area contributed by atoms with Crippen molar-refractivity contribution in [3.8, 4) is 11.5 Å². The van der Waals surface area contributed by atoms with Crippen molar-refractivity contribution in [1.82, 2.24) is 5.32 Å². The fourth-order valence-electron chi connectivity index (χ4n) is 3.23. The Balaban J connectivity index is 2.12. The summed E-state index contributed by atoms with van der Waals surface area (Å²) in [4.78, 5) is 23.5. The summed E-state index contributed by atoms with van der Waals surface area (Å²) in [6, 6.07) is 4.59. The first-order valence-corrected chi connectivity index (χ1v) is 8.26. The van der Waals surface area contributed by atoms with Crippen molar-refractivity contribution in [3.63, 3.8) is 0 Å². The van der Waals surface area contributed by atoms with Gasteiger partial charge in [0.15, 0.2) is 11.5 Å². The fourth-order valence-corrected chi connectivity index (χ4v) is 3.23. The Hall–Kier alpha value is -2.24. The lowest BCUT2D eigenvalue weighted by molar-refractivity contribution is -0.137. The number of carbonyl (C=O) groups is 2. The van der Waals surface area contributed by atoms with E-state index in [1.165, 1.54) is 27.1 Å². The number of carboxylic acid groups (broad SMARTS) is 1. The van der Waals surface area contributed by atoms with E-state index in [4.69, 9.17) is 14.6 Å². The van der Waals surface area contributed by atoms with Crippen LogP contribution in [0.3, 0.4) is 0 Å². The first-order chi connectivity index (χ1) is 11.5. The quantitative estimate of drug-likeness (QED) is 0.763. The van der Waals surface area contributed by atoms with E-state index in [9.17, 15) is 9.59 Å². The van der Waals surface area contributed by atoms with Crippen LogP contribution in [0, 0.1) is 5.92 Å². The molecule has 2 rings (SSSR count). The molecule has 0 heterocycles. The van der Waals surface area contributed by atoms with Gasteiger partial charge in [0.1, 0.15) is 0 Å². The molecule has 1 aliphatic rings. The zero-order chi connectivity index (χ0) is 17.5. The molecule has 1 saturated carbocycles. The van der Waals surface area contributed by atoms with Crippen molar-refractivity contribution in [2.24, 2.45) is 5.92 Å². The molecule has 132 valence electrons. The maximum absolute atomic E-state index is 12.3. The van der Waals surface area contributed by atoms with Crippen molar-refractivity contribution in [2.45, 2.75) is 44.6 Å². The first kappa shape index (κ1) is 18.1. The highest BCUT2D eigenvalue weighted by atomic mass is 16.5. The molecule has 6 nitrogen and oxygen atoms in total. The van der Waals surface area contributed by atoms with Crippen LogP contribution in [0.25, 0.3) is 0 Å². The normalized spacial score (nSPS) is 15.8. The molecule has 2 N–H and O–H groups in total. The molecule has 1 unspecified atom stereocenters. The maximum Gasteiger partial charge on any atom is 0.305 e. The van der Waals surface area contributed by atoms with Crippen LogP contribution >= 0.6 is 0 Å². The van der Waals surface area contributed by atoms with Crippen LogP contribution in [0.4, 0.5) is 0 Å². The second-order valence-corrected chi connectivity index (χ2v) is 6.19. The minimum atomic E-state index is -0.962. The predicted octanol–water partition coefficient (Wildman–Crippen LogP) is 2.92. The van der Waals surface area contributed by atoms with E-state index in [2.05, 4.69) is 5.32 Å². The molecule has 0 saturated heterocycles. The van der Waals surface area contributed by atoms with Crippen LogP contribution in [0.5, 0.6) is 11.5 Å². The number of methoxy groups -OCH3 is 2. The molecule has 1 atom stereocenters. The van der Waals surface area contributed by atoms with Gasteiger partial charge in [-0.05, 0) is 36.5 Å². The van der Waals surface area contributed by atoms with Gasteiger partial charge in [-0.2, -0.15) is 0 Å². The Morgan fingerprint density at radius 3 is 2.46 bits per heavy atom. The van der Waals surface area contributed by atoms with Gasteiger partial charge in [0, 0.05) is 6.42 Å². The van der Waals surface area contributed by atoms with Gasteiger partial charge in [0.2, 0.25) is 5.91 Å². The summed E-state index contributed by atoms with van der Waals surface area (Å²) in [5, 5.41) is 12.0. The summed E-state index contributed by atoms with van der Waals surface area (Å²) in [6.07, 6.45) is 4.79. The van der Waals surface area contributed by atoms with Crippen LogP contribution < -0.4 is 14.8 Å². The molecule has 1 aromatic rings. The maximum atomic E-state index is 12.3. The monoisotopic (exact) mass is 335 g/mol. The Bertz CT molecular complexity index is 581. The van der Waals surface area contributed by atoms with Crippen molar-refractivity contribution < 1.29 is 24.2 Å². The predicted molar refractivity (Wildman–Crippen MR) is 89.3 cm³/mol. The zero-order valence-corrected chi connectivity index (χ0v) is 14.2. The van der Waals surface area contributed by atoms with Crippen molar-refractivity contribution >= 4 is 11.9 Å². The summed E-state index contributed by atoms with van der Waals surface area (Å²) < 4.78 is 10.5. The highest BCUT2D eigenvalue weighted by molar-refractivity contribution is 5.78. The van der Waals surface area contributed by atoms with Crippen LogP contribution in [0.2, 0.25) is 0 Å². The van der Waals surface area contributed by atoms with Gasteiger partial charge in [-0.3, -0.25) is 9.59 Å². The van der Waals surface area contributed by atoms with Gasteiger partial charge < -0.3 is 19.9 Å². The number of nitrogens with one attached hydrogen (secondary N) is 1. The molecule has 1 aromatic carbocycles. The van der Waals surface area contributed by atoms with E-state index < -0.39 is 12.0 Å². The van der Waals surface area contributed by atoms with Gasteiger partial charge in [-0.1, -0.05) is 18.9 Å². The number of hydrogen-bond acceptors (Lipinski definition) is 4. The summed E-state index contributed by atoms with van der Waals surface area (Å²) in [7, 11) is 3.06.